The van der Waals surface area contributed by atoms with Gasteiger partial charge in [-0.2, -0.15) is 5.10 Å². The van der Waals surface area contributed by atoms with Gasteiger partial charge in [0.05, 0.1) is 13.7 Å². The van der Waals surface area contributed by atoms with Crippen molar-refractivity contribution in [2.24, 2.45) is 0 Å². The fraction of sp³-hybridized carbons (Fsp3) is 0.522. The van der Waals surface area contributed by atoms with Crippen molar-refractivity contribution in [3.63, 3.8) is 0 Å². The number of carbonyl (C=O) groups is 2. The smallest absolute Gasteiger partial charge is 0.327 e. The third-order valence-electron chi connectivity index (χ3n) is 6.89. The minimum Gasteiger partial charge on any atom is -0.497 e. The van der Waals surface area contributed by atoms with Gasteiger partial charge in [-0.05, 0) is 49.9 Å². The van der Waals surface area contributed by atoms with Crippen molar-refractivity contribution in [3.8, 4) is 5.75 Å². The SMILES string of the molecule is COc1ccc(CN2C(=O)N(C)C3(CCN([C@H](C)CCn4cccn4)CC3)C2=O)cc1. The van der Waals surface area contributed by atoms with Crippen molar-refractivity contribution >= 4 is 11.9 Å². The Bertz CT molecular complexity index is 904. The van der Waals surface area contributed by atoms with Crippen molar-refractivity contribution in [1.82, 2.24) is 24.5 Å². The predicted molar refractivity (Wildman–Crippen MR) is 117 cm³/mol. The van der Waals surface area contributed by atoms with Gasteiger partial charge in [0.2, 0.25) is 0 Å². The molecule has 31 heavy (non-hydrogen) atoms. The fourth-order valence-electron chi connectivity index (χ4n) is 4.72. The van der Waals surface area contributed by atoms with Gasteiger partial charge in [0, 0.05) is 45.1 Å². The van der Waals surface area contributed by atoms with E-state index in [1.165, 1.54) is 4.90 Å². The Hall–Kier alpha value is -2.87. The Kier molecular flexibility index (Phi) is 6.00. The number of amides is 3. The summed E-state index contributed by atoms with van der Waals surface area (Å²) in [4.78, 5) is 31.8. The molecule has 0 radical (unpaired) electrons. The van der Waals surface area contributed by atoms with Crippen molar-refractivity contribution < 1.29 is 14.3 Å². The van der Waals surface area contributed by atoms with Crippen LogP contribution in [-0.4, -0.2) is 75.2 Å². The molecule has 4 rings (SSSR count). The van der Waals surface area contributed by atoms with Crippen LogP contribution in [0.15, 0.2) is 42.7 Å². The quantitative estimate of drug-likeness (QED) is 0.638. The van der Waals surface area contributed by atoms with Gasteiger partial charge in [0.15, 0.2) is 0 Å². The Morgan fingerprint density at radius 3 is 2.48 bits per heavy atom. The molecule has 0 unspecified atom stereocenters. The molecule has 0 saturated carbocycles. The van der Waals surface area contributed by atoms with E-state index >= 15 is 0 Å². The molecule has 1 spiro atoms. The first kappa shape index (κ1) is 21.4. The van der Waals surface area contributed by atoms with E-state index in [2.05, 4.69) is 16.9 Å². The van der Waals surface area contributed by atoms with Gasteiger partial charge >= 0.3 is 6.03 Å². The predicted octanol–water partition coefficient (Wildman–Crippen LogP) is 2.60. The number of benzene rings is 1. The fourth-order valence-corrected chi connectivity index (χ4v) is 4.72. The molecule has 0 aliphatic carbocycles. The molecule has 166 valence electrons. The first-order valence-corrected chi connectivity index (χ1v) is 10.9. The number of piperidine rings is 1. The highest BCUT2D eigenvalue weighted by atomic mass is 16.5. The zero-order chi connectivity index (χ0) is 22.0. The topological polar surface area (TPSA) is 70.9 Å². The van der Waals surface area contributed by atoms with Gasteiger partial charge < -0.3 is 14.5 Å². The highest BCUT2D eigenvalue weighted by Crippen LogP contribution is 2.37. The molecule has 3 amide bonds. The second-order valence-corrected chi connectivity index (χ2v) is 8.56. The monoisotopic (exact) mass is 425 g/mol. The molecule has 2 aromatic rings. The lowest BCUT2D eigenvalue weighted by Crippen LogP contribution is -2.56. The van der Waals surface area contributed by atoms with Crippen molar-refractivity contribution in [3.05, 3.63) is 48.3 Å². The lowest BCUT2D eigenvalue weighted by Gasteiger charge is -2.43. The van der Waals surface area contributed by atoms with Crippen molar-refractivity contribution in [1.29, 1.82) is 0 Å². The Balaban J connectivity index is 1.38. The van der Waals surface area contributed by atoms with E-state index < -0.39 is 5.54 Å². The highest BCUT2D eigenvalue weighted by Gasteiger charge is 2.56. The van der Waals surface area contributed by atoms with E-state index in [1.807, 2.05) is 41.2 Å². The van der Waals surface area contributed by atoms with Crippen LogP contribution >= 0.6 is 0 Å². The molecule has 8 heteroatoms. The number of likely N-dealkylation sites (N-methyl/N-ethyl adjacent to an activating group) is 1. The molecule has 3 heterocycles. The van der Waals surface area contributed by atoms with Crippen molar-refractivity contribution in [2.75, 3.05) is 27.2 Å². The summed E-state index contributed by atoms with van der Waals surface area (Å²) < 4.78 is 7.14. The molecule has 1 atom stereocenters. The zero-order valence-corrected chi connectivity index (χ0v) is 18.5. The van der Waals surface area contributed by atoms with Gasteiger partial charge in [-0.25, -0.2) is 4.79 Å². The molecule has 1 aromatic heterocycles. The molecule has 0 bridgehead atoms. The van der Waals surface area contributed by atoms with E-state index in [0.717, 1.165) is 37.4 Å². The summed E-state index contributed by atoms with van der Waals surface area (Å²) in [5.74, 6) is 0.685. The number of aryl methyl sites for hydroxylation is 1. The molecule has 2 aliphatic heterocycles. The number of nitrogens with zero attached hydrogens (tertiary/aromatic N) is 5. The van der Waals surface area contributed by atoms with Crippen LogP contribution in [0.3, 0.4) is 0 Å². The van der Waals surface area contributed by atoms with Crippen LogP contribution in [0.4, 0.5) is 4.79 Å². The summed E-state index contributed by atoms with van der Waals surface area (Å²) in [5, 5.41) is 4.27. The Labute approximate surface area is 183 Å². The molecular formula is C23H31N5O3. The third kappa shape index (κ3) is 4.04. The van der Waals surface area contributed by atoms with E-state index in [1.54, 1.807) is 25.3 Å². The summed E-state index contributed by atoms with van der Waals surface area (Å²) >= 11 is 0. The number of likely N-dealkylation sites (tertiary alicyclic amines) is 1. The van der Waals surface area contributed by atoms with E-state index in [9.17, 15) is 9.59 Å². The Morgan fingerprint density at radius 2 is 1.87 bits per heavy atom. The largest absolute Gasteiger partial charge is 0.497 e. The lowest BCUT2D eigenvalue weighted by molar-refractivity contribution is -0.135. The number of ether oxygens (including phenoxy) is 1. The number of imide groups is 1. The summed E-state index contributed by atoms with van der Waals surface area (Å²) in [5.41, 5.74) is 0.194. The highest BCUT2D eigenvalue weighted by molar-refractivity contribution is 6.06. The first-order chi connectivity index (χ1) is 14.9. The number of hydrogen-bond acceptors (Lipinski definition) is 5. The van der Waals surface area contributed by atoms with Crippen LogP contribution in [0, 0.1) is 0 Å². The van der Waals surface area contributed by atoms with Crippen LogP contribution in [0.25, 0.3) is 0 Å². The van der Waals surface area contributed by atoms with Crippen LogP contribution in [0.1, 0.15) is 31.7 Å². The molecule has 8 nitrogen and oxygen atoms in total. The summed E-state index contributed by atoms with van der Waals surface area (Å²) in [6.07, 6.45) is 6.11. The second-order valence-electron chi connectivity index (χ2n) is 8.56. The average molecular weight is 426 g/mol. The molecule has 2 fully saturated rings. The molecule has 0 N–H and O–H groups in total. The van der Waals surface area contributed by atoms with Crippen LogP contribution < -0.4 is 4.74 Å². The van der Waals surface area contributed by atoms with Crippen LogP contribution in [-0.2, 0) is 17.9 Å². The van der Waals surface area contributed by atoms with Crippen LogP contribution in [0.2, 0.25) is 0 Å². The molecule has 2 aliphatic rings. The summed E-state index contributed by atoms with van der Waals surface area (Å²) in [6.45, 7) is 5.00. The minimum atomic E-state index is -0.720. The number of carbonyl (C=O) groups excluding carboxylic acids is 2. The number of rotatable bonds is 7. The van der Waals surface area contributed by atoms with Gasteiger partial charge in [0.25, 0.3) is 5.91 Å². The maximum absolute atomic E-state index is 13.4. The minimum absolute atomic E-state index is 0.0698. The van der Waals surface area contributed by atoms with Crippen LogP contribution in [0.5, 0.6) is 5.75 Å². The van der Waals surface area contributed by atoms with Gasteiger partial charge in [-0.15, -0.1) is 0 Å². The van der Waals surface area contributed by atoms with Gasteiger partial charge in [0.1, 0.15) is 11.3 Å². The van der Waals surface area contributed by atoms with Crippen molar-refractivity contribution in [2.45, 2.75) is 50.9 Å². The average Bonchev–Trinajstić information content (AvgIpc) is 3.38. The van der Waals surface area contributed by atoms with Gasteiger partial charge in [-0.3, -0.25) is 14.4 Å². The third-order valence-corrected chi connectivity index (χ3v) is 6.89. The standard InChI is InChI=1S/C23H31N5O3/c1-18(9-14-27-13-4-12-24-27)26-15-10-23(11-16-26)21(29)28(22(30)25(23)2)17-19-5-7-20(31-3)8-6-19/h4-8,12-13,18H,9-11,14-17H2,1-3H3/t18-/m1/s1. The van der Waals surface area contributed by atoms with E-state index in [0.29, 0.717) is 18.9 Å². The maximum Gasteiger partial charge on any atom is 0.327 e. The second kappa shape index (κ2) is 8.70. The summed E-state index contributed by atoms with van der Waals surface area (Å²) in [7, 11) is 3.39. The number of methoxy groups -OCH3 is 1. The number of urea groups is 1. The number of aromatic nitrogens is 2. The molecular weight excluding hydrogens is 394 g/mol. The lowest BCUT2D eigenvalue weighted by atomic mass is 9.85. The molecule has 1 aromatic carbocycles. The molecule has 2 saturated heterocycles. The summed E-state index contributed by atoms with van der Waals surface area (Å²) in [6, 6.07) is 9.62. The van der Waals surface area contributed by atoms with Gasteiger partial charge in [-0.1, -0.05) is 12.1 Å². The normalized spacial score (nSPS) is 20.0. The number of hydrogen-bond donors (Lipinski definition) is 0. The maximum atomic E-state index is 13.4. The zero-order valence-electron chi connectivity index (χ0n) is 18.5. The van der Waals surface area contributed by atoms with E-state index in [4.69, 9.17) is 4.74 Å². The Morgan fingerprint density at radius 1 is 1.16 bits per heavy atom. The first-order valence-electron chi connectivity index (χ1n) is 10.9. The van der Waals surface area contributed by atoms with E-state index in [-0.39, 0.29) is 18.5 Å².